The summed E-state index contributed by atoms with van der Waals surface area (Å²) in [4.78, 5) is 58.6. The van der Waals surface area contributed by atoms with Crippen LogP contribution < -0.4 is 10.2 Å². The fourth-order valence-electron chi connectivity index (χ4n) is 7.33. The zero-order valence-electron chi connectivity index (χ0n) is 25.2. The number of carbonyl (C=O) groups excluding carboxylic acids is 4. The molecule has 2 fully saturated rings. The molecule has 7 rings (SSSR count). The number of anilines is 1. The van der Waals surface area contributed by atoms with Crippen LogP contribution in [0.25, 0.3) is 10.8 Å². The number of aliphatic hydroxyl groups excluding tert-OH is 1. The van der Waals surface area contributed by atoms with E-state index in [1.165, 1.54) is 4.90 Å². The van der Waals surface area contributed by atoms with Crippen molar-refractivity contribution in [1.82, 2.24) is 10.2 Å². The van der Waals surface area contributed by atoms with Gasteiger partial charge in [-0.05, 0) is 34.9 Å². The molecule has 3 amide bonds. The van der Waals surface area contributed by atoms with E-state index in [1.54, 1.807) is 23.1 Å². The predicted octanol–water partition coefficient (Wildman–Crippen LogP) is 3.07. The SMILES string of the molecule is O=C1CC/C=C\[C@H]2O[C@]34C=CCN(c5ccc6ccccc6c5)C(=O)[C@H]3N(CCO)C(=O)[C@@H]4[C@H]2C(=O)O[C@H](c2ccccc2)CN1. The van der Waals surface area contributed by atoms with E-state index < -0.39 is 47.6 Å². The van der Waals surface area contributed by atoms with Crippen LogP contribution in [0.3, 0.4) is 0 Å². The predicted molar refractivity (Wildman–Crippen MR) is 169 cm³/mol. The molecule has 46 heavy (non-hydrogen) atoms. The van der Waals surface area contributed by atoms with Gasteiger partial charge in [-0.25, -0.2) is 0 Å². The van der Waals surface area contributed by atoms with Crippen molar-refractivity contribution in [2.45, 2.75) is 36.7 Å². The topological polar surface area (TPSA) is 125 Å². The lowest BCUT2D eigenvalue weighted by molar-refractivity contribution is -0.159. The number of likely N-dealkylation sites (tertiary alicyclic amines) is 1. The average Bonchev–Trinajstić information content (AvgIpc) is 3.45. The van der Waals surface area contributed by atoms with Crippen LogP contribution in [0, 0.1) is 11.8 Å². The molecule has 4 heterocycles. The van der Waals surface area contributed by atoms with Crippen molar-refractivity contribution in [2.75, 3.05) is 31.1 Å². The number of cyclic esters (lactones) is 1. The Morgan fingerprint density at radius 1 is 0.913 bits per heavy atom. The van der Waals surface area contributed by atoms with Crippen molar-refractivity contribution < 1.29 is 33.8 Å². The van der Waals surface area contributed by atoms with Crippen molar-refractivity contribution in [3.63, 3.8) is 0 Å². The summed E-state index contributed by atoms with van der Waals surface area (Å²) in [7, 11) is 0. The van der Waals surface area contributed by atoms with E-state index in [1.807, 2.05) is 78.9 Å². The third kappa shape index (κ3) is 5.07. The van der Waals surface area contributed by atoms with Gasteiger partial charge in [-0.3, -0.25) is 19.2 Å². The fraction of sp³-hybridized carbons (Fsp3) is 0.333. The van der Waals surface area contributed by atoms with E-state index in [-0.39, 0.29) is 44.5 Å². The molecule has 1 spiro atoms. The summed E-state index contributed by atoms with van der Waals surface area (Å²) in [5, 5.41) is 14.9. The molecule has 0 aliphatic carbocycles. The van der Waals surface area contributed by atoms with Gasteiger partial charge in [0.1, 0.15) is 23.7 Å². The number of esters is 1. The molecule has 0 bridgehead atoms. The number of rotatable bonds is 4. The summed E-state index contributed by atoms with van der Waals surface area (Å²) in [6.45, 7) is -0.172. The number of carbonyl (C=O) groups is 4. The highest BCUT2D eigenvalue weighted by Gasteiger charge is 2.71. The van der Waals surface area contributed by atoms with E-state index in [2.05, 4.69) is 5.32 Å². The molecule has 2 saturated heterocycles. The first-order valence-corrected chi connectivity index (χ1v) is 15.7. The van der Waals surface area contributed by atoms with Gasteiger partial charge in [0, 0.05) is 25.2 Å². The van der Waals surface area contributed by atoms with Crippen molar-refractivity contribution in [1.29, 1.82) is 0 Å². The lowest BCUT2D eigenvalue weighted by Gasteiger charge is -2.35. The number of hydrogen-bond acceptors (Lipinski definition) is 7. The first-order chi connectivity index (χ1) is 22.4. The summed E-state index contributed by atoms with van der Waals surface area (Å²) < 4.78 is 12.8. The average molecular weight is 622 g/mol. The molecule has 10 heteroatoms. The van der Waals surface area contributed by atoms with E-state index in [0.29, 0.717) is 17.7 Å². The highest BCUT2D eigenvalue weighted by molar-refractivity contribution is 6.06. The molecule has 0 unspecified atom stereocenters. The number of nitrogens with one attached hydrogen (secondary N) is 1. The van der Waals surface area contributed by atoms with E-state index in [0.717, 1.165) is 10.8 Å². The van der Waals surface area contributed by atoms with Crippen LogP contribution in [0.2, 0.25) is 0 Å². The van der Waals surface area contributed by atoms with Crippen molar-refractivity contribution in [3.8, 4) is 0 Å². The zero-order valence-corrected chi connectivity index (χ0v) is 25.2. The maximum Gasteiger partial charge on any atom is 0.313 e. The maximum absolute atomic E-state index is 14.6. The van der Waals surface area contributed by atoms with Crippen LogP contribution in [-0.2, 0) is 28.7 Å². The van der Waals surface area contributed by atoms with Gasteiger partial charge in [0.25, 0.3) is 5.91 Å². The number of fused-ring (bicyclic) bond motifs is 3. The standard InChI is InChI=1S/C36H35N3O7/c40-20-19-39-32-34(43)38(26-16-15-23-9-4-5-12-25(23)21-26)18-8-17-36(32)31(33(39)42)30-27(46-36)13-6-7-14-29(41)37-22-28(45-35(30)44)24-10-2-1-3-11-24/h1-6,8-13,15-17,21,27-28,30-32,40H,7,14,18-20,22H2,(H,37,41)/b13-6-/t27-,28+,30+,31+,32-,36+/m1/s1. The van der Waals surface area contributed by atoms with E-state index in [4.69, 9.17) is 9.47 Å². The first-order valence-electron chi connectivity index (χ1n) is 15.7. The van der Waals surface area contributed by atoms with Crippen LogP contribution >= 0.6 is 0 Å². The number of aliphatic hydroxyl groups is 1. The molecule has 3 aromatic rings. The molecule has 4 aliphatic heterocycles. The van der Waals surface area contributed by atoms with Crippen LogP contribution in [0.15, 0.2) is 97.1 Å². The minimum absolute atomic E-state index is 0.0681. The van der Waals surface area contributed by atoms with Gasteiger partial charge in [-0.15, -0.1) is 0 Å². The van der Waals surface area contributed by atoms with Gasteiger partial charge in [0.2, 0.25) is 11.8 Å². The molecule has 3 aromatic carbocycles. The van der Waals surface area contributed by atoms with Gasteiger partial charge < -0.3 is 29.7 Å². The van der Waals surface area contributed by atoms with Gasteiger partial charge in [-0.2, -0.15) is 0 Å². The molecular formula is C36H35N3O7. The number of benzene rings is 3. The lowest BCUT2D eigenvalue weighted by Crippen LogP contribution is -2.55. The normalized spacial score (nSPS) is 30.4. The smallest absolute Gasteiger partial charge is 0.313 e. The Hall–Kier alpha value is -4.80. The number of allylic oxidation sites excluding steroid dienone is 1. The lowest BCUT2D eigenvalue weighted by atomic mass is 9.78. The number of ether oxygens (including phenoxy) is 2. The Labute approximate surface area is 266 Å². The third-order valence-corrected chi connectivity index (χ3v) is 9.43. The monoisotopic (exact) mass is 621 g/mol. The van der Waals surface area contributed by atoms with Crippen molar-refractivity contribution in [3.05, 3.63) is 103 Å². The first kappa shape index (κ1) is 29.9. The highest BCUT2D eigenvalue weighted by atomic mass is 16.6. The Balaban J connectivity index is 1.29. The minimum Gasteiger partial charge on any atom is -0.455 e. The van der Waals surface area contributed by atoms with Crippen LogP contribution in [-0.4, -0.2) is 77.7 Å². The summed E-state index contributed by atoms with van der Waals surface area (Å²) in [5.41, 5.74) is -0.122. The Bertz CT molecular complexity index is 1740. The molecule has 0 radical (unpaired) electrons. The highest BCUT2D eigenvalue weighted by Crippen LogP contribution is 2.53. The number of hydrogen-bond donors (Lipinski definition) is 2. The van der Waals surface area contributed by atoms with Gasteiger partial charge in [0.15, 0.2) is 0 Å². The minimum atomic E-state index is -1.48. The molecular weight excluding hydrogens is 586 g/mol. The van der Waals surface area contributed by atoms with Crippen molar-refractivity contribution >= 4 is 40.2 Å². The molecule has 0 aromatic heterocycles. The summed E-state index contributed by atoms with van der Waals surface area (Å²) in [6.07, 6.45) is 5.99. The Morgan fingerprint density at radius 3 is 2.50 bits per heavy atom. The number of amides is 3. The van der Waals surface area contributed by atoms with Crippen LogP contribution in [0.4, 0.5) is 5.69 Å². The van der Waals surface area contributed by atoms with Crippen molar-refractivity contribution in [2.24, 2.45) is 11.8 Å². The fourth-order valence-corrected chi connectivity index (χ4v) is 7.33. The molecule has 10 nitrogen and oxygen atoms in total. The van der Waals surface area contributed by atoms with E-state index >= 15 is 0 Å². The van der Waals surface area contributed by atoms with Crippen LogP contribution in [0.5, 0.6) is 0 Å². The number of β-amino-alcohol motifs (C(OH)–C–C–N with tert-alkyl or cyclic N) is 1. The summed E-state index contributed by atoms with van der Waals surface area (Å²) in [6, 6.07) is 21.6. The Morgan fingerprint density at radius 2 is 1.70 bits per heavy atom. The molecule has 6 atom stereocenters. The second-order valence-electron chi connectivity index (χ2n) is 12.1. The quantitative estimate of drug-likeness (QED) is 0.339. The van der Waals surface area contributed by atoms with Crippen LogP contribution in [0.1, 0.15) is 24.5 Å². The summed E-state index contributed by atoms with van der Waals surface area (Å²) in [5.74, 6) is -3.79. The van der Waals surface area contributed by atoms with E-state index in [9.17, 15) is 24.3 Å². The molecule has 2 N–H and O–H groups in total. The Kier molecular flexibility index (Phi) is 7.92. The molecule has 236 valence electrons. The maximum atomic E-state index is 14.6. The molecule has 4 aliphatic rings. The largest absolute Gasteiger partial charge is 0.455 e. The van der Waals surface area contributed by atoms with Gasteiger partial charge >= 0.3 is 5.97 Å². The second kappa shape index (κ2) is 12.2. The second-order valence-corrected chi connectivity index (χ2v) is 12.1. The van der Waals surface area contributed by atoms with Gasteiger partial charge in [-0.1, -0.05) is 85.0 Å². The third-order valence-electron chi connectivity index (χ3n) is 9.43. The molecule has 0 saturated carbocycles. The zero-order chi connectivity index (χ0) is 31.8. The number of nitrogens with zero attached hydrogens (tertiary/aromatic N) is 2. The van der Waals surface area contributed by atoms with Gasteiger partial charge in [0.05, 0.1) is 25.2 Å². The summed E-state index contributed by atoms with van der Waals surface area (Å²) >= 11 is 0.